The van der Waals surface area contributed by atoms with Gasteiger partial charge in [0.15, 0.2) is 0 Å². The van der Waals surface area contributed by atoms with Crippen molar-refractivity contribution in [2.24, 2.45) is 14.1 Å². The number of carbonyl (C=O) groups excluding carboxylic acids is 1. The van der Waals surface area contributed by atoms with Gasteiger partial charge in [0.1, 0.15) is 11.3 Å². The lowest BCUT2D eigenvalue weighted by Gasteiger charge is -2.34. The summed E-state index contributed by atoms with van der Waals surface area (Å²) in [7, 11) is 2.95. The first kappa shape index (κ1) is 22.9. The number of benzene rings is 1. The van der Waals surface area contributed by atoms with E-state index >= 15 is 0 Å². The van der Waals surface area contributed by atoms with Crippen LogP contribution in [0.5, 0.6) is 0 Å². The topological polar surface area (TPSA) is 92.5 Å². The summed E-state index contributed by atoms with van der Waals surface area (Å²) in [6.45, 7) is 9.02. The second-order valence-corrected chi connectivity index (χ2v) is 8.48. The molecule has 1 N–H and O–H groups in total. The van der Waals surface area contributed by atoms with E-state index in [1.165, 1.54) is 36.4 Å². The summed E-state index contributed by atoms with van der Waals surface area (Å²) in [5.41, 5.74) is 1.69. The molecule has 9 nitrogen and oxygen atoms in total. The van der Waals surface area contributed by atoms with E-state index in [2.05, 4.69) is 39.2 Å². The van der Waals surface area contributed by atoms with Gasteiger partial charge in [-0.2, -0.15) is 0 Å². The van der Waals surface area contributed by atoms with E-state index in [1.807, 2.05) is 12.1 Å². The summed E-state index contributed by atoms with van der Waals surface area (Å²) in [5.74, 6) is -0.358. The Labute approximate surface area is 192 Å². The molecule has 0 atom stereocenters. The van der Waals surface area contributed by atoms with Crippen molar-refractivity contribution in [1.29, 1.82) is 0 Å². The molecule has 1 aliphatic rings. The highest BCUT2D eigenvalue weighted by molar-refractivity contribution is 5.94. The average Bonchev–Trinajstić information content (AvgIpc) is 2.85. The van der Waals surface area contributed by atoms with E-state index in [0.717, 1.165) is 49.4 Å². The number of aromatic nitrogens is 3. The first-order valence-electron chi connectivity index (χ1n) is 11.2. The number of likely N-dealkylation sites (N-methyl/N-ethyl adjacent to an activating group) is 1. The molecule has 33 heavy (non-hydrogen) atoms. The summed E-state index contributed by atoms with van der Waals surface area (Å²) < 4.78 is 2.30. The minimum absolute atomic E-state index is 0.161. The Hall–Kier alpha value is -3.30. The zero-order chi connectivity index (χ0) is 23.5. The van der Waals surface area contributed by atoms with Gasteiger partial charge in [0.2, 0.25) is 0 Å². The number of hydrogen-bond donors (Lipinski definition) is 1. The largest absolute Gasteiger partial charge is 0.347 e. The Bertz CT molecular complexity index is 1270. The number of nitrogens with zero attached hydrogens (tertiary/aromatic N) is 5. The number of carbonyl (C=O) groups is 1. The quantitative estimate of drug-likeness (QED) is 0.594. The van der Waals surface area contributed by atoms with Crippen LogP contribution < -0.4 is 16.6 Å². The van der Waals surface area contributed by atoms with Crippen LogP contribution in [0.15, 0.2) is 46.0 Å². The zero-order valence-corrected chi connectivity index (χ0v) is 19.4. The maximum absolute atomic E-state index is 12.6. The summed E-state index contributed by atoms with van der Waals surface area (Å²) >= 11 is 0. The van der Waals surface area contributed by atoms with Crippen LogP contribution in [-0.2, 0) is 27.2 Å². The molecule has 2 aromatic heterocycles. The third kappa shape index (κ3) is 4.89. The van der Waals surface area contributed by atoms with Crippen LogP contribution in [0.1, 0.15) is 28.5 Å². The Morgan fingerprint density at radius 1 is 0.909 bits per heavy atom. The van der Waals surface area contributed by atoms with E-state index in [4.69, 9.17) is 0 Å². The molecule has 1 amide bonds. The van der Waals surface area contributed by atoms with Gasteiger partial charge in [0.25, 0.3) is 11.5 Å². The Kier molecular flexibility index (Phi) is 6.71. The monoisotopic (exact) mass is 450 g/mol. The molecule has 3 heterocycles. The van der Waals surface area contributed by atoms with Gasteiger partial charge < -0.3 is 10.2 Å². The molecule has 3 aromatic rings. The fraction of sp³-hybridized carbons (Fsp3) is 0.417. The van der Waals surface area contributed by atoms with Crippen LogP contribution in [0.25, 0.3) is 11.0 Å². The lowest BCUT2D eigenvalue weighted by molar-refractivity contribution is 0.0946. The van der Waals surface area contributed by atoms with Gasteiger partial charge in [-0.25, -0.2) is 9.78 Å². The molecule has 0 aliphatic carbocycles. The number of rotatable bonds is 6. The van der Waals surface area contributed by atoms with Crippen molar-refractivity contribution in [2.75, 3.05) is 32.7 Å². The normalized spacial score (nSPS) is 15.1. The van der Waals surface area contributed by atoms with Gasteiger partial charge in [0, 0.05) is 53.4 Å². The lowest BCUT2D eigenvalue weighted by atomic mass is 10.1. The number of piperazine rings is 1. The molecule has 4 rings (SSSR count). The van der Waals surface area contributed by atoms with Gasteiger partial charge in [-0.15, -0.1) is 0 Å². The summed E-state index contributed by atoms with van der Waals surface area (Å²) in [6, 6.07) is 11.3. The van der Waals surface area contributed by atoms with E-state index in [9.17, 15) is 14.4 Å². The van der Waals surface area contributed by atoms with Gasteiger partial charge in [-0.1, -0.05) is 31.2 Å². The SMILES string of the molecule is CCN1CCN(Cc2ccc(CNC(=O)c3ccc4c(=O)n(C)c(=O)n(C)c4n3)cc2)CC1. The molecule has 1 aromatic carbocycles. The maximum atomic E-state index is 12.6. The third-order valence-corrected chi connectivity index (χ3v) is 6.33. The lowest BCUT2D eigenvalue weighted by Crippen LogP contribution is -2.45. The molecule has 9 heteroatoms. The molecular weight excluding hydrogens is 420 g/mol. The van der Waals surface area contributed by atoms with Gasteiger partial charge in [-0.3, -0.25) is 23.6 Å². The van der Waals surface area contributed by atoms with E-state index in [-0.39, 0.29) is 17.2 Å². The number of fused-ring (bicyclic) bond motifs is 1. The zero-order valence-electron chi connectivity index (χ0n) is 19.4. The molecule has 0 bridgehead atoms. The summed E-state index contributed by atoms with van der Waals surface area (Å²) in [6.07, 6.45) is 0. The molecule has 174 valence electrons. The summed E-state index contributed by atoms with van der Waals surface area (Å²) in [4.78, 5) is 46.3. The molecule has 0 spiro atoms. The Balaban J connectivity index is 1.38. The third-order valence-electron chi connectivity index (χ3n) is 6.33. The van der Waals surface area contributed by atoms with Crippen molar-refractivity contribution in [3.8, 4) is 0 Å². The maximum Gasteiger partial charge on any atom is 0.332 e. The van der Waals surface area contributed by atoms with Crippen molar-refractivity contribution in [2.45, 2.75) is 20.0 Å². The van der Waals surface area contributed by atoms with Crippen LogP contribution >= 0.6 is 0 Å². The van der Waals surface area contributed by atoms with E-state index < -0.39 is 11.2 Å². The van der Waals surface area contributed by atoms with Gasteiger partial charge in [0.05, 0.1) is 5.39 Å². The Morgan fingerprint density at radius 3 is 2.21 bits per heavy atom. The van der Waals surface area contributed by atoms with Crippen molar-refractivity contribution in [3.63, 3.8) is 0 Å². The number of nitrogens with one attached hydrogen (secondary N) is 1. The predicted molar refractivity (Wildman–Crippen MR) is 127 cm³/mol. The number of hydrogen-bond acceptors (Lipinski definition) is 6. The van der Waals surface area contributed by atoms with Crippen LogP contribution in [0.3, 0.4) is 0 Å². The van der Waals surface area contributed by atoms with E-state index in [1.54, 1.807) is 0 Å². The fourth-order valence-corrected chi connectivity index (χ4v) is 4.14. The van der Waals surface area contributed by atoms with Crippen molar-refractivity contribution in [3.05, 3.63) is 74.1 Å². The number of aryl methyl sites for hydroxylation is 1. The first-order valence-corrected chi connectivity index (χ1v) is 11.2. The highest BCUT2D eigenvalue weighted by Crippen LogP contribution is 2.11. The van der Waals surface area contributed by atoms with Crippen molar-refractivity contribution < 1.29 is 4.79 Å². The fourth-order valence-electron chi connectivity index (χ4n) is 4.14. The minimum Gasteiger partial charge on any atom is -0.347 e. The van der Waals surface area contributed by atoms with Crippen molar-refractivity contribution >= 4 is 16.9 Å². The standard InChI is InChI=1S/C24H30N6O3/c1-4-29-11-13-30(14-12-29)16-18-7-5-17(6-8-18)15-25-22(31)20-10-9-19-21(26-20)27(2)24(33)28(3)23(19)32/h5-10H,4,11-16H2,1-3H3,(H,25,31). The van der Waals surface area contributed by atoms with Gasteiger partial charge >= 0.3 is 5.69 Å². The van der Waals surface area contributed by atoms with Crippen LogP contribution in [0.4, 0.5) is 0 Å². The highest BCUT2D eigenvalue weighted by Gasteiger charge is 2.16. The van der Waals surface area contributed by atoms with Crippen LogP contribution in [0.2, 0.25) is 0 Å². The molecule has 0 unspecified atom stereocenters. The first-order chi connectivity index (χ1) is 15.9. The van der Waals surface area contributed by atoms with Gasteiger partial charge in [-0.05, 0) is 29.8 Å². The predicted octanol–water partition coefficient (Wildman–Crippen LogP) is 0.700. The van der Waals surface area contributed by atoms with Crippen LogP contribution in [0, 0.1) is 0 Å². The Morgan fingerprint density at radius 2 is 1.55 bits per heavy atom. The highest BCUT2D eigenvalue weighted by atomic mass is 16.2. The van der Waals surface area contributed by atoms with Crippen LogP contribution in [-0.4, -0.2) is 62.5 Å². The smallest absolute Gasteiger partial charge is 0.332 e. The number of pyridine rings is 1. The second kappa shape index (κ2) is 9.68. The average molecular weight is 451 g/mol. The molecule has 0 saturated carbocycles. The summed E-state index contributed by atoms with van der Waals surface area (Å²) in [5, 5.41) is 3.16. The second-order valence-electron chi connectivity index (χ2n) is 8.48. The molecule has 1 aliphatic heterocycles. The number of amides is 1. The molecule has 0 radical (unpaired) electrons. The van der Waals surface area contributed by atoms with Crippen molar-refractivity contribution in [1.82, 2.24) is 29.2 Å². The minimum atomic E-state index is -0.482. The molecular formula is C24H30N6O3. The molecule has 1 saturated heterocycles. The molecule has 1 fully saturated rings. The van der Waals surface area contributed by atoms with E-state index in [0.29, 0.717) is 11.9 Å².